The van der Waals surface area contributed by atoms with Gasteiger partial charge in [-0.2, -0.15) is 0 Å². The van der Waals surface area contributed by atoms with Crippen molar-refractivity contribution in [2.75, 3.05) is 12.4 Å². The van der Waals surface area contributed by atoms with Crippen LogP contribution in [0.15, 0.2) is 18.2 Å². The number of benzene rings is 1. The largest absolute Gasteiger partial charge is 0.386 e. The van der Waals surface area contributed by atoms with Gasteiger partial charge in [0.2, 0.25) is 0 Å². The second-order valence-electron chi connectivity index (χ2n) is 2.94. The van der Waals surface area contributed by atoms with Crippen LogP contribution in [-0.2, 0) is 0 Å². The van der Waals surface area contributed by atoms with Crippen LogP contribution in [0.25, 0.3) is 0 Å². The summed E-state index contributed by atoms with van der Waals surface area (Å²) in [6.45, 7) is 6.11. The van der Waals surface area contributed by atoms with Gasteiger partial charge in [-0.3, -0.25) is 0 Å². The molecule has 13 heavy (non-hydrogen) atoms. The molecule has 1 rings (SSSR count). The molecule has 76 valence electrons. The van der Waals surface area contributed by atoms with Crippen LogP contribution in [0.3, 0.4) is 0 Å². The molecule has 0 aromatic heterocycles. The summed E-state index contributed by atoms with van der Waals surface area (Å²) in [5.74, 6) is -0.192. The van der Waals surface area contributed by atoms with Crippen molar-refractivity contribution in [2.24, 2.45) is 0 Å². The molecular weight excluding hydrogens is 165 g/mol. The Balaban J connectivity index is 0. The smallest absolute Gasteiger partial charge is 0.146 e. The minimum atomic E-state index is -0.192. The van der Waals surface area contributed by atoms with Crippen LogP contribution < -0.4 is 5.32 Å². The molecule has 0 spiro atoms. The van der Waals surface area contributed by atoms with E-state index in [1.54, 1.807) is 13.1 Å². The van der Waals surface area contributed by atoms with Gasteiger partial charge in [-0.25, -0.2) is 4.39 Å². The molecule has 1 nitrogen and oxygen atoms in total. The average molecular weight is 185 g/mol. The monoisotopic (exact) mass is 185 g/mol. The topological polar surface area (TPSA) is 12.0 Å². The van der Waals surface area contributed by atoms with Crippen molar-refractivity contribution < 1.29 is 5.82 Å². The molecule has 0 unspecified atom stereocenters. The molecule has 1 aromatic carbocycles. The van der Waals surface area contributed by atoms with Crippen molar-refractivity contribution in [2.45, 2.75) is 27.2 Å². The zero-order valence-electron chi connectivity index (χ0n) is 8.82. The first-order valence-electron chi connectivity index (χ1n) is 4.59. The summed E-state index contributed by atoms with van der Waals surface area (Å²) >= 11 is 0. The van der Waals surface area contributed by atoms with Crippen molar-refractivity contribution in [3.8, 4) is 0 Å². The first kappa shape index (κ1) is 11.9. The summed E-state index contributed by atoms with van der Waals surface area (Å²) in [6.07, 6.45) is 1.25. The van der Waals surface area contributed by atoms with Gasteiger partial charge in [0.15, 0.2) is 0 Å². The van der Waals surface area contributed by atoms with Gasteiger partial charge in [0.1, 0.15) is 5.82 Å². The van der Waals surface area contributed by atoms with Crippen molar-refractivity contribution in [3.63, 3.8) is 0 Å². The SMILES string of the molecule is CCC.CNc1ccc(C)cc1F.[HH]. The third-order valence-electron chi connectivity index (χ3n) is 1.39. The average Bonchev–Trinajstić information content (AvgIpc) is 2.06. The fraction of sp³-hybridized carbons (Fsp3) is 0.455. The van der Waals surface area contributed by atoms with Crippen molar-refractivity contribution >= 4 is 5.69 Å². The van der Waals surface area contributed by atoms with Gasteiger partial charge in [0, 0.05) is 8.47 Å². The number of rotatable bonds is 1. The minimum absolute atomic E-state index is 0. The van der Waals surface area contributed by atoms with Crippen LogP contribution in [0.2, 0.25) is 0 Å². The van der Waals surface area contributed by atoms with E-state index >= 15 is 0 Å². The number of hydrogen-bond donors (Lipinski definition) is 1. The Hall–Kier alpha value is -1.05. The van der Waals surface area contributed by atoms with Crippen LogP contribution in [0.5, 0.6) is 0 Å². The fourth-order valence-corrected chi connectivity index (χ4v) is 0.823. The molecule has 0 amide bonds. The first-order chi connectivity index (χ1) is 6.15. The molecular formula is C11H20FN. The summed E-state index contributed by atoms with van der Waals surface area (Å²) in [6, 6.07) is 5.10. The second kappa shape index (κ2) is 6.46. The molecule has 0 aliphatic rings. The molecule has 0 aliphatic carbocycles. The molecule has 1 aromatic rings. The molecule has 0 heterocycles. The summed E-state index contributed by atoms with van der Waals surface area (Å²) in [4.78, 5) is 0. The van der Waals surface area contributed by atoms with E-state index in [-0.39, 0.29) is 7.24 Å². The third-order valence-corrected chi connectivity index (χ3v) is 1.39. The fourth-order valence-electron chi connectivity index (χ4n) is 0.823. The van der Waals surface area contributed by atoms with Crippen molar-refractivity contribution in [3.05, 3.63) is 29.6 Å². The zero-order chi connectivity index (χ0) is 10.3. The van der Waals surface area contributed by atoms with E-state index in [1.165, 1.54) is 12.5 Å². The highest BCUT2D eigenvalue weighted by molar-refractivity contribution is 5.45. The maximum atomic E-state index is 12.8. The van der Waals surface area contributed by atoms with Gasteiger partial charge in [0.05, 0.1) is 5.69 Å². The number of aryl methyl sites for hydroxylation is 1. The van der Waals surface area contributed by atoms with E-state index < -0.39 is 0 Å². The molecule has 1 N–H and O–H groups in total. The van der Waals surface area contributed by atoms with E-state index in [0.717, 1.165) is 5.56 Å². The highest BCUT2D eigenvalue weighted by Gasteiger charge is 1.96. The van der Waals surface area contributed by atoms with Crippen LogP contribution in [-0.4, -0.2) is 7.05 Å². The highest BCUT2D eigenvalue weighted by atomic mass is 19.1. The lowest BCUT2D eigenvalue weighted by molar-refractivity contribution is 0.630. The van der Waals surface area contributed by atoms with Crippen LogP contribution in [0.1, 0.15) is 27.3 Å². The number of hydrogen-bond acceptors (Lipinski definition) is 1. The van der Waals surface area contributed by atoms with Gasteiger partial charge in [-0.1, -0.05) is 26.3 Å². The molecule has 0 saturated heterocycles. The van der Waals surface area contributed by atoms with Crippen molar-refractivity contribution in [1.82, 2.24) is 0 Å². The number of halogens is 1. The Morgan fingerprint density at radius 2 is 1.92 bits per heavy atom. The Kier molecular flexibility index (Phi) is 5.94. The summed E-state index contributed by atoms with van der Waals surface area (Å²) in [5.41, 5.74) is 1.49. The van der Waals surface area contributed by atoms with Gasteiger partial charge in [0.25, 0.3) is 0 Å². The lowest BCUT2D eigenvalue weighted by Gasteiger charge is -2.00. The molecule has 0 aliphatic heterocycles. The maximum Gasteiger partial charge on any atom is 0.146 e. The Labute approximate surface area is 81.5 Å². The second-order valence-corrected chi connectivity index (χ2v) is 2.94. The molecule has 2 heteroatoms. The van der Waals surface area contributed by atoms with Gasteiger partial charge >= 0.3 is 0 Å². The molecule has 0 radical (unpaired) electrons. The summed E-state index contributed by atoms with van der Waals surface area (Å²) < 4.78 is 12.8. The normalized spacial score (nSPS) is 8.69. The number of anilines is 1. The van der Waals surface area contributed by atoms with Gasteiger partial charge in [-0.15, -0.1) is 0 Å². The van der Waals surface area contributed by atoms with Crippen LogP contribution >= 0.6 is 0 Å². The van der Waals surface area contributed by atoms with E-state index in [0.29, 0.717) is 5.69 Å². The lowest BCUT2D eigenvalue weighted by Crippen LogP contribution is -1.91. The minimum Gasteiger partial charge on any atom is -0.386 e. The standard InChI is InChI=1S/C8H10FN.C3H8.H2/c1-6-3-4-8(10-2)7(9)5-6;1-3-2;/h3-5,10H,1-2H3;3H2,1-2H3;1H. The van der Waals surface area contributed by atoms with E-state index in [4.69, 9.17) is 0 Å². The number of nitrogens with one attached hydrogen (secondary N) is 1. The van der Waals surface area contributed by atoms with E-state index in [1.807, 2.05) is 13.0 Å². The van der Waals surface area contributed by atoms with Crippen LogP contribution in [0, 0.1) is 12.7 Å². The zero-order valence-corrected chi connectivity index (χ0v) is 8.82. The molecule has 0 saturated carbocycles. The summed E-state index contributed by atoms with van der Waals surface area (Å²) in [7, 11) is 1.70. The summed E-state index contributed by atoms with van der Waals surface area (Å²) in [5, 5.41) is 2.75. The van der Waals surface area contributed by atoms with Crippen LogP contribution in [0.4, 0.5) is 10.1 Å². The molecule has 0 fully saturated rings. The first-order valence-corrected chi connectivity index (χ1v) is 4.59. The lowest BCUT2D eigenvalue weighted by atomic mass is 10.2. The Morgan fingerprint density at radius 1 is 1.38 bits per heavy atom. The molecule has 0 atom stereocenters. The molecule has 0 bridgehead atoms. The van der Waals surface area contributed by atoms with Gasteiger partial charge in [-0.05, 0) is 24.6 Å². The predicted molar refractivity (Wildman–Crippen MR) is 58.8 cm³/mol. The predicted octanol–water partition coefficient (Wildman–Crippen LogP) is 3.84. The quantitative estimate of drug-likeness (QED) is 0.701. The van der Waals surface area contributed by atoms with E-state index in [2.05, 4.69) is 19.2 Å². The Bertz CT molecular complexity index is 251. The van der Waals surface area contributed by atoms with Crippen molar-refractivity contribution in [1.29, 1.82) is 0 Å². The highest BCUT2D eigenvalue weighted by Crippen LogP contribution is 2.13. The van der Waals surface area contributed by atoms with E-state index in [9.17, 15) is 4.39 Å². The van der Waals surface area contributed by atoms with Gasteiger partial charge < -0.3 is 5.32 Å². The third kappa shape index (κ3) is 4.51. The Morgan fingerprint density at radius 3 is 2.31 bits per heavy atom. The maximum absolute atomic E-state index is 12.8.